The van der Waals surface area contributed by atoms with E-state index in [0.717, 1.165) is 31.6 Å². The van der Waals surface area contributed by atoms with Crippen LogP contribution < -0.4 is 5.32 Å². The Labute approximate surface area is 135 Å². The van der Waals surface area contributed by atoms with Gasteiger partial charge >= 0.3 is 6.09 Å². The van der Waals surface area contributed by atoms with Crippen LogP contribution in [0.3, 0.4) is 0 Å². The average molecular weight is 355 g/mol. The molecule has 0 atom stereocenters. The van der Waals surface area contributed by atoms with Crippen molar-refractivity contribution in [2.45, 2.75) is 39.7 Å². The third-order valence-corrected chi connectivity index (χ3v) is 5.08. The quantitative estimate of drug-likeness (QED) is 0.888. The first-order valence-corrected chi connectivity index (χ1v) is 8.25. The summed E-state index contributed by atoms with van der Waals surface area (Å²) in [6.45, 7) is 7.99. The van der Waals surface area contributed by atoms with Crippen LogP contribution in [0, 0.1) is 13.8 Å². The molecule has 1 amide bonds. The molecule has 0 radical (unpaired) electrons. The van der Waals surface area contributed by atoms with Crippen LogP contribution in [0.15, 0.2) is 16.6 Å². The smallest absolute Gasteiger partial charge is 0.409 e. The van der Waals surface area contributed by atoms with E-state index in [1.165, 1.54) is 15.6 Å². The third kappa shape index (κ3) is 4.13. The lowest BCUT2D eigenvalue weighted by atomic mass is 10.0. The summed E-state index contributed by atoms with van der Waals surface area (Å²) in [4.78, 5) is 13.5. The van der Waals surface area contributed by atoms with Crippen LogP contribution in [0.1, 0.15) is 30.9 Å². The molecule has 2 rings (SSSR count). The maximum absolute atomic E-state index is 11.7. The van der Waals surface area contributed by atoms with E-state index in [2.05, 4.69) is 47.2 Å². The van der Waals surface area contributed by atoms with Gasteiger partial charge in [0.1, 0.15) is 0 Å². The number of nitrogens with one attached hydrogen (secondary N) is 1. The van der Waals surface area contributed by atoms with Gasteiger partial charge in [-0.15, -0.1) is 0 Å². The number of aryl methyl sites for hydroxylation is 2. The second kappa shape index (κ2) is 7.16. The molecule has 5 heteroatoms. The van der Waals surface area contributed by atoms with Crippen LogP contribution in [-0.2, 0) is 4.74 Å². The number of carbonyl (C=O) groups excluding carboxylic acids is 1. The molecule has 1 aliphatic heterocycles. The number of nitrogens with zero attached hydrogens (tertiary/aromatic N) is 1. The molecule has 1 heterocycles. The third-order valence-electron chi connectivity index (χ3n) is 3.83. The van der Waals surface area contributed by atoms with Gasteiger partial charge in [-0.25, -0.2) is 4.79 Å². The Hall–Kier alpha value is -1.23. The molecule has 0 aromatic heterocycles. The molecule has 1 aromatic rings. The second-order valence-corrected chi connectivity index (χ2v) is 6.32. The zero-order valence-electron chi connectivity index (χ0n) is 12.9. The summed E-state index contributed by atoms with van der Waals surface area (Å²) in [5, 5.41) is 3.58. The van der Waals surface area contributed by atoms with Crippen molar-refractivity contribution in [3.05, 3.63) is 27.7 Å². The fourth-order valence-corrected chi connectivity index (χ4v) is 2.92. The highest BCUT2D eigenvalue weighted by molar-refractivity contribution is 9.10. The average Bonchev–Trinajstić information content (AvgIpc) is 2.45. The Morgan fingerprint density at radius 3 is 2.43 bits per heavy atom. The molecule has 1 aliphatic rings. The number of ether oxygens (including phenoxy) is 1. The largest absolute Gasteiger partial charge is 0.450 e. The first-order chi connectivity index (χ1) is 10.0. The molecule has 0 aliphatic carbocycles. The van der Waals surface area contributed by atoms with Crippen molar-refractivity contribution >= 4 is 27.7 Å². The Balaban J connectivity index is 1.90. The molecule has 1 fully saturated rings. The van der Waals surface area contributed by atoms with Crippen LogP contribution in [0.5, 0.6) is 0 Å². The Kier molecular flexibility index (Phi) is 5.51. The first-order valence-electron chi connectivity index (χ1n) is 7.46. The van der Waals surface area contributed by atoms with Gasteiger partial charge in [0.25, 0.3) is 0 Å². The minimum absolute atomic E-state index is 0.189. The molecule has 1 N–H and O–H groups in total. The first kappa shape index (κ1) is 16.1. The van der Waals surface area contributed by atoms with Crippen LogP contribution in [-0.4, -0.2) is 36.7 Å². The monoisotopic (exact) mass is 354 g/mol. The van der Waals surface area contributed by atoms with Crippen molar-refractivity contribution in [2.75, 3.05) is 25.0 Å². The van der Waals surface area contributed by atoms with Crippen molar-refractivity contribution in [1.29, 1.82) is 0 Å². The molecule has 1 saturated heterocycles. The summed E-state index contributed by atoms with van der Waals surface area (Å²) in [6, 6.07) is 4.74. The van der Waals surface area contributed by atoms with E-state index < -0.39 is 0 Å². The van der Waals surface area contributed by atoms with E-state index in [4.69, 9.17) is 4.74 Å². The topological polar surface area (TPSA) is 41.6 Å². The lowest BCUT2D eigenvalue weighted by Crippen LogP contribution is -2.42. The Morgan fingerprint density at radius 2 is 1.90 bits per heavy atom. The highest BCUT2D eigenvalue weighted by Gasteiger charge is 2.23. The summed E-state index contributed by atoms with van der Waals surface area (Å²) in [5.41, 5.74) is 3.63. The normalized spacial score (nSPS) is 15.9. The molecule has 4 nitrogen and oxygen atoms in total. The lowest BCUT2D eigenvalue weighted by molar-refractivity contribution is 0.0983. The number of carbonyl (C=O) groups is 1. The zero-order valence-corrected chi connectivity index (χ0v) is 14.5. The minimum Gasteiger partial charge on any atom is -0.450 e. The van der Waals surface area contributed by atoms with E-state index in [9.17, 15) is 4.79 Å². The SMILES string of the molecule is CCOC(=O)N1CCC(Nc2cc(C)c(Br)c(C)c2)CC1. The van der Waals surface area contributed by atoms with E-state index in [1.54, 1.807) is 4.90 Å². The molecule has 21 heavy (non-hydrogen) atoms. The van der Waals surface area contributed by atoms with Crippen molar-refractivity contribution < 1.29 is 9.53 Å². The van der Waals surface area contributed by atoms with Crippen molar-refractivity contribution in [3.63, 3.8) is 0 Å². The minimum atomic E-state index is -0.189. The maximum atomic E-state index is 11.7. The predicted octanol–water partition coefficient (Wildman–Crippen LogP) is 4.10. The molecule has 116 valence electrons. The van der Waals surface area contributed by atoms with Gasteiger partial charge in [0, 0.05) is 29.3 Å². The van der Waals surface area contributed by atoms with Gasteiger partial charge in [0.05, 0.1) is 6.61 Å². The van der Waals surface area contributed by atoms with Gasteiger partial charge < -0.3 is 15.0 Å². The van der Waals surface area contributed by atoms with Crippen LogP contribution in [0.4, 0.5) is 10.5 Å². The highest BCUT2D eigenvalue weighted by atomic mass is 79.9. The van der Waals surface area contributed by atoms with E-state index in [1.807, 2.05) is 6.92 Å². The molecular formula is C16H23BrN2O2. The Bertz CT molecular complexity index is 488. The summed E-state index contributed by atoms with van der Waals surface area (Å²) in [6.07, 6.45) is 1.71. The fraction of sp³-hybridized carbons (Fsp3) is 0.562. The van der Waals surface area contributed by atoms with Crippen molar-refractivity contribution in [1.82, 2.24) is 4.90 Å². The maximum Gasteiger partial charge on any atom is 0.409 e. The summed E-state index contributed by atoms with van der Waals surface area (Å²) in [5.74, 6) is 0. The number of hydrogen-bond acceptors (Lipinski definition) is 3. The number of halogens is 1. The fourth-order valence-electron chi connectivity index (χ4n) is 2.69. The van der Waals surface area contributed by atoms with E-state index in [-0.39, 0.29) is 6.09 Å². The van der Waals surface area contributed by atoms with Gasteiger partial charge in [-0.05, 0) is 56.9 Å². The molecule has 0 bridgehead atoms. The number of likely N-dealkylation sites (tertiary alicyclic amines) is 1. The van der Waals surface area contributed by atoms with Crippen molar-refractivity contribution in [3.8, 4) is 0 Å². The number of rotatable bonds is 3. The number of hydrogen-bond donors (Lipinski definition) is 1. The van der Waals surface area contributed by atoms with E-state index >= 15 is 0 Å². The van der Waals surface area contributed by atoms with Gasteiger partial charge in [-0.2, -0.15) is 0 Å². The molecule has 0 unspecified atom stereocenters. The number of benzene rings is 1. The molecule has 0 spiro atoms. The Morgan fingerprint density at radius 1 is 1.33 bits per heavy atom. The van der Waals surface area contributed by atoms with Gasteiger partial charge in [-0.1, -0.05) is 15.9 Å². The van der Waals surface area contributed by atoms with Crippen LogP contribution in [0.25, 0.3) is 0 Å². The zero-order chi connectivity index (χ0) is 15.4. The number of piperidine rings is 1. The van der Waals surface area contributed by atoms with Gasteiger partial charge in [0.15, 0.2) is 0 Å². The van der Waals surface area contributed by atoms with Gasteiger partial charge in [0.2, 0.25) is 0 Å². The molecule has 0 saturated carbocycles. The van der Waals surface area contributed by atoms with Crippen LogP contribution >= 0.6 is 15.9 Å². The highest BCUT2D eigenvalue weighted by Crippen LogP contribution is 2.26. The number of anilines is 1. The summed E-state index contributed by atoms with van der Waals surface area (Å²) >= 11 is 3.59. The summed E-state index contributed by atoms with van der Waals surface area (Å²) < 4.78 is 6.21. The number of amides is 1. The van der Waals surface area contributed by atoms with Gasteiger partial charge in [-0.3, -0.25) is 0 Å². The second-order valence-electron chi connectivity index (χ2n) is 5.53. The molecule has 1 aromatic carbocycles. The standard InChI is InChI=1S/C16H23BrN2O2/c1-4-21-16(20)19-7-5-13(6-8-19)18-14-9-11(2)15(17)12(3)10-14/h9-10,13,18H,4-8H2,1-3H3. The predicted molar refractivity (Wildman–Crippen MR) is 88.9 cm³/mol. The molecular weight excluding hydrogens is 332 g/mol. The lowest BCUT2D eigenvalue weighted by Gasteiger charge is -2.32. The van der Waals surface area contributed by atoms with Crippen LogP contribution in [0.2, 0.25) is 0 Å². The summed E-state index contributed by atoms with van der Waals surface area (Å²) in [7, 11) is 0. The van der Waals surface area contributed by atoms with Crippen molar-refractivity contribution in [2.24, 2.45) is 0 Å². The van der Waals surface area contributed by atoms with E-state index in [0.29, 0.717) is 12.6 Å².